The molecule has 3 aromatic carbocycles. The normalized spacial score (nSPS) is 11.1. The molecule has 0 unspecified atom stereocenters. The van der Waals surface area contributed by atoms with Gasteiger partial charge in [-0.1, -0.05) is 30.3 Å². The number of hydrogen-bond acceptors (Lipinski definition) is 5. The highest BCUT2D eigenvalue weighted by Gasteiger charge is 2.16. The molecule has 1 amide bonds. The van der Waals surface area contributed by atoms with Gasteiger partial charge in [0.05, 0.1) is 5.56 Å². The number of aromatic nitrogens is 1. The highest BCUT2D eigenvalue weighted by Crippen LogP contribution is 2.33. The first-order chi connectivity index (χ1) is 13.7. The van der Waals surface area contributed by atoms with E-state index in [4.69, 9.17) is 8.83 Å². The maximum Gasteiger partial charge on any atom is 0.291 e. The van der Waals surface area contributed by atoms with E-state index in [2.05, 4.69) is 10.3 Å². The molecule has 5 rings (SSSR count). The molecule has 0 aliphatic carbocycles. The molecule has 0 radical (unpaired) electrons. The van der Waals surface area contributed by atoms with E-state index in [0.717, 1.165) is 5.39 Å². The summed E-state index contributed by atoms with van der Waals surface area (Å²) in [5.74, 6) is 0.106. The highest BCUT2D eigenvalue weighted by molar-refractivity contribution is 6.05. The molecule has 2 N–H and O–H groups in total. The zero-order valence-electron chi connectivity index (χ0n) is 14.5. The summed E-state index contributed by atoms with van der Waals surface area (Å²) in [5, 5.41) is 13.9. The topological polar surface area (TPSA) is 88.5 Å². The summed E-state index contributed by atoms with van der Waals surface area (Å²) in [6, 6.07) is 21.1. The van der Waals surface area contributed by atoms with Crippen LogP contribution in [0.1, 0.15) is 10.6 Å². The number of aromatic hydroxyl groups is 1. The van der Waals surface area contributed by atoms with Crippen LogP contribution < -0.4 is 5.32 Å². The Morgan fingerprint density at radius 3 is 2.50 bits per heavy atom. The first kappa shape index (κ1) is 16.1. The van der Waals surface area contributed by atoms with E-state index in [-0.39, 0.29) is 23.3 Å². The third-order valence-electron chi connectivity index (χ3n) is 4.43. The Kier molecular flexibility index (Phi) is 3.62. The van der Waals surface area contributed by atoms with E-state index in [0.29, 0.717) is 27.9 Å². The largest absolute Gasteiger partial charge is 0.507 e. The fraction of sp³-hybridized carbons (Fsp3) is 0. The Labute approximate surface area is 159 Å². The van der Waals surface area contributed by atoms with Crippen molar-refractivity contribution in [3.8, 4) is 17.2 Å². The lowest BCUT2D eigenvalue weighted by Gasteiger charge is -2.06. The lowest BCUT2D eigenvalue weighted by atomic mass is 10.1. The van der Waals surface area contributed by atoms with Crippen LogP contribution in [0, 0.1) is 0 Å². The molecule has 5 aromatic rings. The van der Waals surface area contributed by atoms with Crippen LogP contribution in [0.2, 0.25) is 0 Å². The van der Waals surface area contributed by atoms with E-state index < -0.39 is 0 Å². The van der Waals surface area contributed by atoms with Crippen molar-refractivity contribution >= 4 is 33.7 Å². The lowest BCUT2D eigenvalue weighted by Crippen LogP contribution is -2.10. The molecule has 0 saturated carbocycles. The summed E-state index contributed by atoms with van der Waals surface area (Å²) in [6.07, 6.45) is 0. The van der Waals surface area contributed by atoms with Gasteiger partial charge in [0, 0.05) is 11.1 Å². The first-order valence-electron chi connectivity index (χ1n) is 8.66. The van der Waals surface area contributed by atoms with Crippen LogP contribution in [0.5, 0.6) is 5.75 Å². The molecular weight excluding hydrogens is 356 g/mol. The van der Waals surface area contributed by atoms with Crippen molar-refractivity contribution in [3.05, 3.63) is 78.6 Å². The fourth-order valence-electron chi connectivity index (χ4n) is 3.06. The Balaban J connectivity index is 1.47. The van der Waals surface area contributed by atoms with Crippen molar-refractivity contribution in [2.24, 2.45) is 0 Å². The van der Waals surface area contributed by atoms with Crippen molar-refractivity contribution in [1.29, 1.82) is 0 Å². The number of carbonyl (C=O) groups excluding carboxylic acids is 1. The number of rotatable bonds is 3. The number of fused-ring (bicyclic) bond motifs is 2. The van der Waals surface area contributed by atoms with Gasteiger partial charge in [-0.15, -0.1) is 0 Å². The van der Waals surface area contributed by atoms with Gasteiger partial charge in [0.2, 0.25) is 5.89 Å². The number of anilines is 1. The number of oxazole rings is 1. The van der Waals surface area contributed by atoms with E-state index in [1.807, 2.05) is 36.4 Å². The van der Waals surface area contributed by atoms with Gasteiger partial charge in [0.15, 0.2) is 11.3 Å². The van der Waals surface area contributed by atoms with Crippen LogP contribution in [0.3, 0.4) is 0 Å². The predicted octanol–water partition coefficient (Wildman–Crippen LogP) is 5.20. The van der Waals surface area contributed by atoms with Crippen molar-refractivity contribution in [2.75, 3.05) is 5.32 Å². The van der Waals surface area contributed by atoms with E-state index >= 15 is 0 Å². The van der Waals surface area contributed by atoms with Crippen LogP contribution in [0.4, 0.5) is 5.69 Å². The monoisotopic (exact) mass is 370 g/mol. The molecule has 0 saturated heterocycles. The van der Waals surface area contributed by atoms with Crippen LogP contribution >= 0.6 is 0 Å². The number of phenolic OH excluding ortho intramolecular Hbond substituents is 1. The van der Waals surface area contributed by atoms with Gasteiger partial charge in [-0.25, -0.2) is 4.98 Å². The summed E-state index contributed by atoms with van der Waals surface area (Å²) >= 11 is 0. The minimum Gasteiger partial charge on any atom is -0.507 e. The molecule has 0 fully saturated rings. The minimum absolute atomic E-state index is 0.00768. The number of nitrogens with zero attached hydrogens (tertiary/aromatic N) is 1. The molecule has 2 heterocycles. The maximum absolute atomic E-state index is 12.6. The quantitative estimate of drug-likeness (QED) is 0.426. The second-order valence-corrected chi connectivity index (χ2v) is 6.32. The van der Waals surface area contributed by atoms with Crippen LogP contribution in [-0.4, -0.2) is 16.0 Å². The second-order valence-electron chi connectivity index (χ2n) is 6.32. The van der Waals surface area contributed by atoms with Crippen molar-refractivity contribution in [2.45, 2.75) is 0 Å². The second kappa shape index (κ2) is 6.28. The number of nitrogens with one attached hydrogen (secondary N) is 1. The molecule has 6 nitrogen and oxygen atoms in total. The number of benzene rings is 3. The molecule has 136 valence electrons. The van der Waals surface area contributed by atoms with Crippen molar-refractivity contribution in [1.82, 2.24) is 4.98 Å². The zero-order chi connectivity index (χ0) is 19.1. The third kappa shape index (κ3) is 2.77. The summed E-state index contributed by atoms with van der Waals surface area (Å²) in [6.45, 7) is 0. The third-order valence-corrected chi connectivity index (χ3v) is 4.43. The van der Waals surface area contributed by atoms with Crippen LogP contribution in [0.25, 0.3) is 33.5 Å². The van der Waals surface area contributed by atoms with Gasteiger partial charge in [-0.2, -0.15) is 0 Å². The Bertz CT molecular complexity index is 1270. The van der Waals surface area contributed by atoms with Gasteiger partial charge < -0.3 is 19.3 Å². The molecule has 28 heavy (non-hydrogen) atoms. The SMILES string of the molecule is O=C(Nc1ccc(O)c(-c2nc3ccccc3o2)c1)c1cc2ccccc2o1. The molecular formula is C22H14N2O4. The fourth-order valence-corrected chi connectivity index (χ4v) is 3.06. The molecule has 0 aliphatic heterocycles. The van der Waals surface area contributed by atoms with E-state index in [9.17, 15) is 9.90 Å². The van der Waals surface area contributed by atoms with Crippen LogP contribution in [0.15, 0.2) is 81.6 Å². The van der Waals surface area contributed by atoms with Gasteiger partial charge in [0.1, 0.15) is 16.8 Å². The summed E-state index contributed by atoms with van der Waals surface area (Å²) in [5.41, 5.74) is 2.83. The zero-order valence-corrected chi connectivity index (χ0v) is 14.5. The van der Waals surface area contributed by atoms with Crippen molar-refractivity contribution in [3.63, 3.8) is 0 Å². The van der Waals surface area contributed by atoms with E-state index in [1.54, 1.807) is 30.3 Å². The Morgan fingerprint density at radius 1 is 0.893 bits per heavy atom. The van der Waals surface area contributed by atoms with Gasteiger partial charge in [0.25, 0.3) is 5.91 Å². The lowest BCUT2D eigenvalue weighted by molar-refractivity contribution is 0.0998. The van der Waals surface area contributed by atoms with Gasteiger partial charge in [-0.3, -0.25) is 4.79 Å². The number of phenols is 1. The number of hydrogen-bond donors (Lipinski definition) is 2. The summed E-state index contributed by atoms with van der Waals surface area (Å²) in [4.78, 5) is 16.9. The van der Waals surface area contributed by atoms with E-state index in [1.165, 1.54) is 6.07 Å². The minimum atomic E-state index is -0.384. The average Bonchev–Trinajstić information content (AvgIpc) is 3.33. The number of amides is 1. The molecule has 0 spiro atoms. The van der Waals surface area contributed by atoms with Crippen molar-refractivity contribution < 1.29 is 18.7 Å². The van der Waals surface area contributed by atoms with Crippen LogP contribution in [-0.2, 0) is 0 Å². The Hall–Kier alpha value is -4.06. The summed E-state index contributed by atoms with van der Waals surface area (Å²) < 4.78 is 11.3. The maximum atomic E-state index is 12.6. The molecule has 0 aliphatic rings. The molecule has 6 heteroatoms. The molecule has 0 atom stereocenters. The van der Waals surface area contributed by atoms with Gasteiger partial charge in [-0.05, 0) is 42.5 Å². The smallest absolute Gasteiger partial charge is 0.291 e. The Morgan fingerprint density at radius 2 is 1.68 bits per heavy atom. The standard InChI is InChI=1S/C22H14N2O4/c25-17-10-9-14(12-15(17)22-24-16-6-2-4-8-19(16)28-22)23-21(26)20-11-13-5-1-3-7-18(13)27-20/h1-12,25H,(H,23,26). The summed E-state index contributed by atoms with van der Waals surface area (Å²) in [7, 11) is 0. The highest BCUT2D eigenvalue weighted by atomic mass is 16.4. The number of carbonyl (C=O) groups is 1. The first-order valence-corrected chi connectivity index (χ1v) is 8.66. The molecule has 2 aromatic heterocycles. The van der Waals surface area contributed by atoms with Gasteiger partial charge >= 0.3 is 0 Å². The number of para-hydroxylation sites is 3. The average molecular weight is 370 g/mol. The predicted molar refractivity (Wildman–Crippen MR) is 105 cm³/mol. The molecule has 0 bridgehead atoms. The number of furan rings is 1.